The van der Waals surface area contributed by atoms with Crippen LogP contribution in [0.15, 0.2) is 30.3 Å². The fraction of sp³-hybridized carbons (Fsp3) is 0.429. The minimum atomic E-state index is -0.133. The van der Waals surface area contributed by atoms with Crippen molar-refractivity contribution in [3.05, 3.63) is 35.9 Å². The quantitative estimate of drug-likeness (QED) is 0.805. The topological polar surface area (TPSA) is 46.2 Å². The van der Waals surface area contributed by atoms with Crippen LogP contribution in [-0.2, 0) is 16.0 Å². The molecule has 3 nitrogen and oxygen atoms in total. The van der Waals surface area contributed by atoms with E-state index in [2.05, 4.69) is 17.4 Å². The summed E-state index contributed by atoms with van der Waals surface area (Å²) in [6, 6.07) is 10.2. The Balaban J connectivity index is 1.87. The van der Waals surface area contributed by atoms with Gasteiger partial charge in [-0.3, -0.25) is 14.9 Å². The van der Waals surface area contributed by atoms with Crippen LogP contribution in [0.2, 0.25) is 0 Å². The van der Waals surface area contributed by atoms with E-state index in [9.17, 15) is 9.59 Å². The maximum absolute atomic E-state index is 11.5. The maximum atomic E-state index is 11.5. The van der Waals surface area contributed by atoms with Gasteiger partial charge in [-0.15, -0.1) is 0 Å². The Hall–Kier alpha value is -1.64. The average Bonchev–Trinajstić information content (AvgIpc) is 2.67. The predicted octanol–water partition coefficient (Wildman–Crippen LogP) is 1.92. The van der Waals surface area contributed by atoms with Crippen LogP contribution < -0.4 is 5.32 Å². The van der Waals surface area contributed by atoms with E-state index < -0.39 is 0 Å². The number of amides is 2. The van der Waals surface area contributed by atoms with Crippen molar-refractivity contribution >= 4 is 11.8 Å². The van der Waals surface area contributed by atoms with Gasteiger partial charge in [0.25, 0.3) is 0 Å². The Kier molecular flexibility index (Phi) is 3.57. The number of carbonyl (C=O) groups is 2. The normalized spacial score (nSPS) is 21.4. The smallest absolute Gasteiger partial charge is 0.230 e. The summed E-state index contributed by atoms with van der Waals surface area (Å²) in [4.78, 5) is 22.6. The van der Waals surface area contributed by atoms with Gasteiger partial charge in [-0.25, -0.2) is 0 Å². The van der Waals surface area contributed by atoms with Crippen molar-refractivity contribution < 1.29 is 9.59 Å². The monoisotopic (exact) mass is 231 g/mol. The third kappa shape index (κ3) is 2.93. The molecule has 1 aromatic carbocycles. The minimum Gasteiger partial charge on any atom is -0.296 e. The van der Waals surface area contributed by atoms with Crippen LogP contribution in [0.1, 0.15) is 25.3 Å². The number of rotatable bonds is 4. The highest BCUT2D eigenvalue weighted by atomic mass is 16.2. The lowest BCUT2D eigenvalue weighted by Gasteiger charge is -2.15. The van der Waals surface area contributed by atoms with Crippen molar-refractivity contribution in [1.29, 1.82) is 0 Å². The third-order valence-electron chi connectivity index (χ3n) is 3.42. The first kappa shape index (κ1) is 11.8. The first-order valence-electron chi connectivity index (χ1n) is 6.04. The highest BCUT2D eigenvalue weighted by molar-refractivity contribution is 6.03. The van der Waals surface area contributed by atoms with E-state index in [-0.39, 0.29) is 23.7 Å². The van der Waals surface area contributed by atoms with Crippen LogP contribution in [0, 0.1) is 11.8 Å². The van der Waals surface area contributed by atoms with Crippen molar-refractivity contribution in [2.45, 2.75) is 26.2 Å². The van der Waals surface area contributed by atoms with Crippen LogP contribution in [-0.4, -0.2) is 11.8 Å². The number of hydrogen-bond donors (Lipinski definition) is 1. The van der Waals surface area contributed by atoms with E-state index in [1.807, 2.05) is 25.1 Å². The molecule has 0 aliphatic carbocycles. The first-order valence-corrected chi connectivity index (χ1v) is 6.04. The van der Waals surface area contributed by atoms with Gasteiger partial charge >= 0.3 is 0 Å². The molecule has 3 heteroatoms. The van der Waals surface area contributed by atoms with Gasteiger partial charge in [0.2, 0.25) is 11.8 Å². The summed E-state index contributed by atoms with van der Waals surface area (Å²) >= 11 is 0. The van der Waals surface area contributed by atoms with E-state index >= 15 is 0 Å². The first-order chi connectivity index (χ1) is 8.16. The van der Waals surface area contributed by atoms with Gasteiger partial charge in [0.15, 0.2) is 0 Å². The number of hydrogen-bond acceptors (Lipinski definition) is 2. The molecule has 0 spiro atoms. The largest absolute Gasteiger partial charge is 0.296 e. The molecule has 2 rings (SSSR count). The van der Waals surface area contributed by atoms with Crippen LogP contribution in [0.5, 0.6) is 0 Å². The Morgan fingerprint density at radius 2 is 2.00 bits per heavy atom. The molecule has 2 unspecified atom stereocenters. The van der Waals surface area contributed by atoms with Crippen molar-refractivity contribution in [2.24, 2.45) is 11.8 Å². The Morgan fingerprint density at radius 1 is 1.29 bits per heavy atom. The molecule has 2 atom stereocenters. The lowest BCUT2D eigenvalue weighted by molar-refractivity contribution is -0.126. The molecule has 1 N–H and O–H groups in total. The fourth-order valence-electron chi connectivity index (χ4n) is 2.27. The van der Waals surface area contributed by atoms with Crippen molar-refractivity contribution in [2.75, 3.05) is 0 Å². The molecular formula is C14H17NO2. The molecule has 17 heavy (non-hydrogen) atoms. The summed E-state index contributed by atoms with van der Waals surface area (Å²) in [5.41, 5.74) is 1.28. The van der Waals surface area contributed by atoms with Gasteiger partial charge in [0.05, 0.1) is 0 Å². The summed E-state index contributed by atoms with van der Waals surface area (Å²) in [6.45, 7) is 2.05. The molecule has 0 saturated carbocycles. The van der Waals surface area contributed by atoms with E-state index in [1.165, 1.54) is 5.56 Å². The SMILES string of the molecule is CC(CCc1ccccc1)C1CC(=O)NC1=O. The van der Waals surface area contributed by atoms with Crippen LogP contribution in [0.3, 0.4) is 0 Å². The highest BCUT2D eigenvalue weighted by Gasteiger charge is 2.34. The van der Waals surface area contributed by atoms with E-state index in [1.54, 1.807) is 0 Å². The Labute approximate surface area is 101 Å². The zero-order valence-corrected chi connectivity index (χ0v) is 9.98. The number of imide groups is 1. The number of aryl methyl sites for hydroxylation is 1. The molecular weight excluding hydrogens is 214 g/mol. The summed E-state index contributed by atoms with van der Waals surface area (Å²) in [5.74, 6) is -0.116. The zero-order chi connectivity index (χ0) is 12.3. The average molecular weight is 231 g/mol. The molecule has 1 aliphatic heterocycles. The zero-order valence-electron chi connectivity index (χ0n) is 9.98. The number of carbonyl (C=O) groups excluding carboxylic acids is 2. The lowest BCUT2D eigenvalue weighted by atomic mass is 9.87. The molecule has 0 aromatic heterocycles. The van der Waals surface area contributed by atoms with Crippen LogP contribution in [0.25, 0.3) is 0 Å². The summed E-state index contributed by atoms with van der Waals surface area (Å²) in [6.07, 6.45) is 2.25. The molecule has 1 fully saturated rings. The minimum absolute atomic E-state index is 0.101. The standard InChI is InChI=1S/C14H17NO2/c1-10(12-9-13(16)15-14(12)17)7-8-11-5-3-2-4-6-11/h2-6,10,12H,7-9H2,1H3,(H,15,16,17). The molecule has 2 amide bonds. The summed E-state index contributed by atoms with van der Waals surface area (Å²) < 4.78 is 0. The number of benzene rings is 1. The fourth-order valence-corrected chi connectivity index (χ4v) is 2.27. The van der Waals surface area contributed by atoms with Crippen LogP contribution in [0.4, 0.5) is 0 Å². The predicted molar refractivity (Wildman–Crippen MR) is 65.2 cm³/mol. The molecule has 0 radical (unpaired) electrons. The third-order valence-corrected chi connectivity index (χ3v) is 3.42. The lowest BCUT2D eigenvalue weighted by Crippen LogP contribution is -2.25. The molecule has 0 bridgehead atoms. The molecule has 1 heterocycles. The second kappa shape index (κ2) is 5.13. The van der Waals surface area contributed by atoms with Gasteiger partial charge in [-0.05, 0) is 24.3 Å². The van der Waals surface area contributed by atoms with E-state index in [4.69, 9.17) is 0 Å². The van der Waals surface area contributed by atoms with Gasteiger partial charge in [-0.1, -0.05) is 37.3 Å². The molecule has 1 aromatic rings. The highest BCUT2D eigenvalue weighted by Crippen LogP contribution is 2.24. The Bertz CT molecular complexity index is 413. The van der Waals surface area contributed by atoms with E-state index in [0.29, 0.717) is 6.42 Å². The van der Waals surface area contributed by atoms with Crippen LogP contribution >= 0.6 is 0 Å². The Morgan fingerprint density at radius 3 is 2.59 bits per heavy atom. The van der Waals surface area contributed by atoms with Crippen molar-refractivity contribution in [1.82, 2.24) is 5.32 Å². The second-order valence-corrected chi connectivity index (χ2v) is 4.72. The van der Waals surface area contributed by atoms with Crippen molar-refractivity contribution in [3.63, 3.8) is 0 Å². The van der Waals surface area contributed by atoms with Gasteiger partial charge < -0.3 is 0 Å². The maximum Gasteiger partial charge on any atom is 0.230 e. The van der Waals surface area contributed by atoms with Gasteiger partial charge in [0, 0.05) is 12.3 Å². The second-order valence-electron chi connectivity index (χ2n) is 4.72. The van der Waals surface area contributed by atoms with Gasteiger partial charge in [0.1, 0.15) is 0 Å². The molecule has 1 saturated heterocycles. The summed E-state index contributed by atoms with van der Waals surface area (Å²) in [7, 11) is 0. The van der Waals surface area contributed by atoms with Crippen molar-refractivity contribution in [3.8, 4) is 0 Å². The number of nitrogens with one attached hydrogen (secondary N) is 1. The molecule has 90 valence electrons. The van der Waals surface area contributed by atoms with E-state index in [0.717, 1.165) is 12.8 Å². The summed E-state index contributed by atoms with van der Waals surface area (Å²) in [5, 5.41) is 2.37. The van der Waals surface area contributed by atoms with Gasteiger partial charge in [-0.2, -0.15) is 0 Å². The molecule has 1 aliphatic rings.